The van der Waals surface area contributed by atoms with E-state index in [-0.39, 0.29) is 25.2 Å². The molecule has 3 N–H and O–H groups in total. The Bertz CT molecular complexity index is 1740. The van der Waals surface area contributed by atoms with E-state index in [0.29, 0.717) is 11.3 Å². The maximum atomic E-state index is 14.6. The number of aromatic nitrogens is 2. The van der Waals surface area contributed by atoms with Crippen LogP contribution in [0.2, 0.25) is 0 Å². The number of ketones is 1. The normalized spacial score (nSPS) is 16.7. The first kappa shape index (κ1) is 35.9. The zero-order valence-corrected chi connectivity index (χ0v) is 28.5. The maximum absolute atomic E-state index is 14.6. The molecule has 13 heteroatoms. The number of esters is 1. The minimum atomic E-state index is -1.41. The Morgan fingerprint density at radius 3 is 2.16 bits per heavy atom. The first-order chi connectivity index (χ1) is 24.2. The fourth-order valence-electron chi connectivity index (χ4n) is 5.50. The van der Waals surface area contributed by atoms with E-state index in [2.05, 4.69) is 20.6 Å². The van der Waals surface area contributed by atoms with Gasteiger partial charge in [-0.15, -0.1) is 11.8 Å². The van der Waals surface area contributed by atoms with E-state index >= 15 is 0 Å². The topological polar surface area (TPSA) is 160 Å². The number of H-pyrrole nitrogens is 1. The molecule has 12 nitrogen and oxygen atoms in total. The van der Waals surface area contributed by atoms with Gasteiger partial charge in [-0.1, -0.05) is 91.0 Å². The summed E-state index contributed by atoms with van der Waals surface area (Å²) in [5.41, 5.74) is 2.84. The fourth-order valence-corrected chi connectivity index (χ4v) is 6.87. The van der Waals surface area contributed by atoms with Crippen molar-refractivity contribution in [3.63, 3.8) is 0 Å². The number of nitrogens with zero attached hydrogens (tertiary/aromatic N) is 2. The molecule has 1 aromatic heterocycles. The summed E-state index contributed by atoms with van der Waals surface area (Å²) >= 11 is 1.42. The quantitative estimate of drug-likeness (QED) is 0.0990. The lowest BCUT2D eigenvalue weighted by Gasteiger charge is -2.33. The molecule has 0 radical (unpaired) electrons. The molecule has 260 valence electrons. The molecular weight excluding hydrogens is 659 g/mol. The molecule has 3 amide bonds. The lowest BCUT2D eigenvalue weighted by atomic mass is 9.94. The third kappa shape index (κ3) is 9.59. The number of nitrogens with one attached hydrogen (secondary N) is 3. The number of hydrogen-bond acceptors (Lipinski definition) is 9. The fraction of sp³-hybridized carbons (Fsp3) is 0.297. The first-order valence-electron chi connectivity index (χ1n) is 16.2. The van der Waals surface area contributed by atoms with Gasteiger partial charge < -0.3 is 30.0 Å². The van der Waals surface area contributed by atoms with Crippen LogP contribution >= 0.6 is 11.8 Å². The molecule has 4 aromatic rings. The second-order valence-corrected chi connectivity index (χ2v) is 13.1. The molecule has 0 aliphatic carbocycles. The average Bonchev–Trinajstić information content (AvgIpc) is 3.80. The van der Waals surface area contributed by atoms with E-state index in [9.17, 15) is 24.0 Å². The van der Waals surface area contributed by atoms with Crippen molar-refractivity contribution < 1.29 is 33.4 Å². The molecule has 1 fully saturated rings. The summed E-state index contributed by atoms with van der Waals surface area (Å²) in [4.78, 5) is 76.3. The lowest BCUT2D eigenvalue weighted by molar-refractivity contribution is -0.160. The molecule has 4 atom stereocenters. The highest BCUT2D eigenvalue weighted by atomic mass is 32.2. The van der Waals surface area contributed by atoms with Crippen molar-refractivity contribution in [3.8, 4) is 0 Å². The van der Waals surface area contributed by atoms with Gasteiger partial charge in [-0.2, -0.15) is 0 Å². The van der Waals surface area contributed by atoms with Crippen LogP contribution in [0, 0.1) is 5.92 Å². The van der Waals surface area contributed by atoms with Crippen LogP contribution in [0.1, 0.15) is 41.6 Å². The second-order valence-electron chi connectivity index (χ2n) is 12.0. The SMILES string of the molecule is CC(C)OC(=O)C(=O)[C@H](Cc1ccccc1)C(=O)N[C@H]1CS[C@H](c2ccccc2)N1C(=O)[C@H](Cc1cnc[nH]1)NC(=O)OCc1ccccc1. The summed E-state index contributed by atoms with van der Waals surface area (Å²) in [7, 11) is 0. The van der Waals surface area contributed by atoms with Gasteiger partial charge in [0, 0.05) is 24.1 Å². The molecule has 5 rings (SSSR count). The highest BCUT2D eigenvalue weighted by Gasteiger charge is 2.44. The molecule has 2 heterocycles. The van der Waals surface area contributed by atoms with E-state index in [1.54, 1.807) is 44.3 Å². The van der Waals surface area contributed by atoms with E-state index in [0.717, 1.165) is 11.1 Å². The number of ether oxygens (including phenoxy) is 2. The van der Waals surface area contributed by atoms with Gasteiger partial charge in [0.1, 0.15) is 30.1 Å². The van der Waals surface area contributed by atoms with E-state index < -0.39 is 59.3 Å². The lowest BCUT2D eigenvalue weighted by Crippen LogP contribution is -2.57. The van der Waals surface area contributed by atoms with Crippen LogP contribution in [0.3, 0.4) is 0 Å². The maximum Gasteiger partial charge on any atom is 0.408 e. The Labute approximate surface area is 294 Å². The molecule has 0 bridgehead atoms. The van der Waals surface area contributed by atoms with Crippen molar-refractivity contribution >= 4 is 41.4 Å². The van der Waals surface area contributed by atoms with Crippen molar-refractivity contribution in [2.75, 3.05) is 5.75 Å². The van der Waals surface area contributed by atoms with Gasteiger partial charge in [0.2, 0.25) is 11.8 Å². The summed E-state index contributed by atoms with van der Waals surface area (Å²) in [6, 6.07) is 26.2. The smallest absolute Gasteiger partial charge is 0.408 e. The van der Waals surface area contributed by atoms with Gasteiger partial charge in [0.05, 0.1) is 12.4 Å². The number of carbonyl (C=O) groups is 5. The number of aromatic amines is 1. The van der Waals surface area contributed by atoms with Gasteiger partial charge in [-0.3, -0.25) is 14.4 Å². The average molecular weight is 698 g/mol. The Kier molecular flexibility index (Phi) is 12.4. The summed E-state index contributed by atoms with van der Waals surface area (Å²) in [5, 5.41) is 5.06. The summed E-state index contributed by atoms with van der Waals surface area (Å²) < 4.78 is 10.6. The Hall–Kier alpha value is -5.43. The zero-order valence-electron chi connectivity index (χ0n) is 27.7. The highest BCUT2D eigenvalue weighted by molar-refractivity contribution is 7.99. The predicted molar refractivity (Wildman–Crippen MR) is 186 cm³/mol. The molecule has 0 spiro atoms. The second kappa shape index (κ2) is 17.3. The standard InChI is InChI=1S/C37H39N5O7S/c1-24(2)49-36(46)32(43)29(18-25-12-6-3-7-13-25)33(44)41-31-22-50-35(27-16-10-5-11-17-27)42(31)34(45)30(19-28-20-38-23-39-28)40-37(47)48-21-26-14-8-4-9-15-26/h3-17,20,23-24,29-31,35H,18-19,21-22H2,1-2H3,(H,38,39)(H,40,47)(H,41,44)/t29-,30-,31+,35+/m0/s1. The van der Waals surface area contributed by atoms with Crippen LogP contribution in [0.25, 0.3) is 0 Å². The van der Waals surface area contributed by atoms with Crippen molar-refractivity contribution in [1.82, 2.24) is 25.5 Å². The monoisotopic (exact) mass is 697 g/mol. The minimum absolute atomic E-state index is 0.00138. The van der Waals surface area contributed by atoms with Gasteiger partial charge in [0.15, 0.2) is 0 Å². The van der Waals surface area contributed by atoms with E-state index in [4.69, 9.17) is 9.47 Å². The van der Waals surface area contributed by atoms with Crippen molar-refractivity contribution in [2.45, 2.75) is 57.0 Å². The van der Waals surface area contributed by atoms with Crippen LogP contribution in [-0.4, -0.2) is 68.6 Å². The molecule has 1 aliphatic rings. The van der Waals surface area contributed by atoms with E-state index in [1.807, 2.05) is 66.7 Å². The van der Waals surface area contributed by atoms with Crippen LogP contribution < -0.4 is 10.6 Å². The molecule has 0 unspecified atom stereocenters. The van der Waals surface area contributed by atoms with Gasteiger partial charge in [-0.05, 0) is 37.0 Å². The number of hydrogen-bond donors (Lipinski definition) is 3. The zero-order chi connectivity index (χ0) is 35.5. The molecule has 1 saturated heterocycles. The Morgan fingerprint density at radius 1 is 0.900 bits per heavy atom. The number of alkyl carbamates (subject to hydrolysis) is 1. The van der Waals surface area contributed by atoms with Gasteiger partial charge in [0.25, 0.3) is 5.78 Å². The van der Waals surface area contributed by atoms with Crippen LogP contribution in [0.4, 0.5) is 4.79 Å². The molecule has 0 saturated carbocycles. The predicted octanol–water partition coefficient (Wildman–Crippen LogP) is 4.34. The number of benzene rings is 3. The first-order valence-corrected chi connectivity index (χ1v) is 17.3. The van der Waals surface area contributed by atoms with Crippen LogP contribution in [0.15, 0.2) is 104 Å². The van der Waals surface area contributed by atoms with Crippen molar-refractivity contribution in [1.29, 1.82) is 0 Å². The van der Waals surface area contributed by atoms with Gasteiger partial charge in [-0.25, -0.2) is 14.6 Å². The number of Topliss-reactive ketones (excluding diaryl/α,β-unsaturated/α-hetero) is 1. The van der Waals surface area contributed by atoms with Crippen molar-refractivity contribution in [3.05, 3.63) is 126 Å². The van der Waals surface area contributed by atoms with E-state index in [1.165, 1.54) is 23.0 Å². The van der Waals surface area contributed by atoms with Gasteiger partial charge >= 0.3 is 12.1 Å². The highest BCUT2D eigenvalue weighted by Crippen LogP contribution is 2.41. The summed E-state index contributed by atoms with van der Waals surface area (Å²) in [6.07, 6.45) is 0.776. The Balaban J connectivity index is 1.42. The Morgan fingerprint density at radius 2 is 1.54 bits per heavy atom. The third-order valence-corrected chi connectivity index (χ3v) is 9.21. The molecular formula is C37H39N5O7S. The van der Waals surface area contributed by atoms with Crippen LogP contribution in [-0.2, 0) is 48.1 Å². The molecule has 50 heavy (non-hydrogen) atoms. The number of imidazole rings is 1. The molecule has 3 aromatic carbocycles. The number of thioether (sulfide) groups is 1. The number of carbonyl (C=O) groups excluding carboxylic acids is 5. The van der Waals surface area contributed by atoms with Crippen LogP contribution in [0.5, 0.6) is 0 Å². The number of rotatable bonds is 14. The number of amides is 3. The third-order valence-electron chi connectivity index (χ3n) is 7.89. The largest absolute Gasteiger partial charge is 0.457 e. The van der Waals surface area contributed by atoms with Crippen molar-refractivity contribution in [2.24, 2.45) is 5.92 Å². The summed E-state index contributed by atoms with van der Waals surface area (Å²) in [6.45, 7) is 3.23. The molecule has 1 aliphatic heterocycles. The minimum Gasteiger partial charge on any atom is -0.457 e. The summed E-state index contributed by atoms with van der Waals surface area (Å²) in [5.74, 6) is -4.45.